The van der Waals surface area contributed by atoms with Crippen molar-refractivity contribution in [3.63, 3.8) is 0 Å². The lowest BCUT2D eigenvalue weighted by Crippen LogP contribution is -2.21. The van der Waals surface area contributed by atoms with E-state index in [9.17, 15) is 9.59 Å². The van der Waals surface area contributed by atoms with Gasteiger partial charge in [0.25, 0.3) is 0 Å². The number of rotatable bonds is 4. The van der Waals surface area contributed by atoms with Crippen molar-refractivity contribution in [1.29, 1.82) is 0 Å². The summed E-state index contributed by atoms with van der Waals surface area (Å²) >= 11 is 0. The monoisotopic (exact) mass is 220 g/mol. The van der Waals surface area contributed by atoms with Crippen molar-refractivity contribution < 1.29 is 14.3 Å². The van der Waals surface area contributed by atoms with E-state index in [0.29, 0.717) is 12.8 Å². The van der Waals surface area contributed by atoms with Crippen LogP contribution in [0.2, 0.25) is 0 Å². The van der Waals surface area contributed by atoms with Crippen LogP contribution < -0.4 is 0 Å². The zero-order valence-corrected chi connectivity index (χ0v) is 9.60. The molecule has 0 saturated carbocycles. The second-order valence-electron chi connectivity index (χ2n) is 3.71. The number of hydrogen-bond donors (Lipinski definition) is 0. The Morgan fingerprint density at radius 1 is 1.25 bits per heavy atom. The van der Waals surface area contributed by atoms with E-state index in [0.717, 1.165) is 5.56 Å². The first-order valence-corrected chi connectivity index (χ1v) is 5.39. The van der Waals surface area contributed by atoms with E-state index in [1.807, 2.05) is 37.3 Å². The minimum absolute atomic E-state index is 0.244. The molecule has 0 N–H and O–H groups in total. The number of hydrogen-bond acceptors (Lipinski definition) is 3. The quantitative estimate of drug-likeness (QED) is 0.578. The van der Waals surface area contributed by atoms with Crippen LogP contribution >= 0.6 is 0 Å². The minimum atomic E-state index is -0.545. The Morgan fingerprint density at radius 3 is 2.38 bits per heavy atom. The lowest BCUT2D eigenvalue weighted by molar-refractivity contribution is -0.161. The maximum atomic E-state index is 11.5. The minimum Gasteiger partial charge on any atom is -0.393 e. The molecule has 0 spiro atoms. The Labute approximate surface area is 95.4 Å². The molecular formula is C13H16O3. The highest BCUT2D eigenvalue weighted by atomic mass is 16.6. The molecule has 1 unspecified atom stereocenters. The van der Waals surface area contributed by atoms with E-state index in [4.69, 9.17) is 0 Å². The van der Waals surface area contributed by atoms with E-state index >= 15 is 0 Å². The summed E-state index contributed by atoms with van der Waals surface area (Å²) in [7, 11) is 0. The zero-order chi connectivity index (χ0) is 12.0. The van der Waals surface area contributed by atoms with Crippen LogP contribution in [0.4, 0.5) is 0 Å². The van der Waals surface area contributed by atoms with E-state index in [1.54, 1.807) is 0 Å². The topological polar surface area (TPSA) is 43.4 Å². The molecule has 1 rings (SSSR count). The van der Waals surface area contributed by atoms with Gasteiger partial charge in [0, 0.05) is 6.92 Å². The van der Waals surface area contributed by atoms with E-state index < -0.39 is 11.9 Å². The summed E-state index contributed by atoms with van der Waals surface area (Å²) in [5.41, 5.74) is 1.08. The van der Waals surface area contributed by atoms with Gasteiger partial charge in [0.1, 0.15) is 0 Å². The van der Waals surface area contributed by atoms with Gasteiger partial charge in [-0.3, -0.25) is 9.59 Å². The van der Waals surface area contributed by atoms with Gasteiger partial charge in [0.15, 0.2) is 0 Å². The van der Waals surface area contributed by atoms with Gasteiger partial charge in [-0.1, -0.05) is 37.3 Å². The second kappa shape index (κ2) is 6.05. The maximum absolute atomic E-state index is 11.5. The summed E-state index contributed by atoms with van der Waals surface area (Å²) in [6, 6.07) is 9.71. The second-order valence-corrected chi connectivity index (χ2v) is 3.71. The molecule has 0 heterocycles. The molecule has 0 amide bonds. The standard InChI is InChI=1S/C13H16O3/c1-3-12(13(15)16-10(2)14)9-11-7-5-4-6-8-11/h4-8,12H,3,9H2,1-2H3. The van der Waals surface area contributed by atoms with Crippen molar-refractivity contribution in [2.75, 3.05) is 0 Å². The Bertz CT molecular complexity index is 357. The lowest BCUT2D eigenvalue weighted by Gasteiger charge is -2.12. The van der Waals surface area contributed by atoms with Gasteiger partial charge in [-0.15, -0.1) is 0 Å². The van der Waals surface area contributed by atoms with Crippen molar-refractivity contribution in [3.8, 4) is 0 Å². The largest absolute Gasteiger partial charge is 0.393 e. The number of carbonyl (C=O) groups excluding carboxylic acids is 2. The Morgan fingerprint density at radius 2 is 1.88 bits per heavy atom. The number of benzene rings is 1. The molecule has 0 radical (unpaired) electrons. The first-order chi connectivity index (χ1) is 7.63. The molecule has 0 bridgehead atoms. The SMILES string of the molecule is CCC(Cc1ccccc1)C(=O)OC(C)=O. The van der Waals surface area contributed by atoms with Crippen LogP contribution in [0.1, 0.15) is 25.8 Å². The summed E-state index contributed by atoms with van der Waals surface area (Å²) < 4.78 is 4.60. The van der Waals surface area contributed by atoms with Gasteiger partial charge in [-0.05, 0) is 18.4 Å². The highest BCUT2D eigenvalue weighted by Crippen LogP contribution is 2.13. The third kappa shape index (κ3) is 3.85. The molecule has 0 aromatic heterocycles. The fourth-order valence-corrected chi connectivity index (χ4v) is 1.52. The normalized spacial score (nSPS) is 11.9. The van der Waals surface area contributed by atoms with Crippen molar-refractivity contribution in [1.82, 2.24) is 0 Å². The third-order valence-corrected chi connectivity index (χ3v) is 2.40. The summed E-state index contributed by atoms with van der Waals surface area (Å²) in [4.78, 5) is 22.2. The maximum Gasteiger partial charge on any atom is 0.316 e. The molecule has 1 aromatic carbocycles. The first kappa shape index (κ1) is 12.4. The van der Waals surface area contributed by atoms with Crippen LogP contribution in [0.15, 0.2) is 30.3 Å². The van der Waals surface area contributed by atoms with E-state index in [1.165, 1.54) is 6.92 Å². The van der Waals surface area contributed by atoms with Gasteiger partial charge in [-0.2, -0.15) is 0 Å². The van der Waals surface area contributed by atoms with Gasteiger partial charge >= 0.3 is 11.9 Å². The highest BCUT2D eigenvalue weighted by Gasteiger charge is 2.19. The third-order valence-electron chi connectivity index (χ3n) is 2.40. The summed E-state index contributed by atoms with van der Waals surface area (Å²) in [6.07, 6.45) is 1.28. The summed E-state index contributed by atoms with van der Waals surface area (Å²) in [5.74, 6) is -1.22. The van der Waals surface area contributed by atoms with Crippen LogP contribution in [0.5, 0.6) is 0 Å². The predicted octanol–water partition coefficient (Wildman–Crippen LogP) is 2.35. The molecule has 0 aliphatic rings. The van der Waals surface area contributed by atoms with Gasteiger partial charge < -0.3 is 4.74 Å². The van der Waals surface area contributed by atoms with Crippen LogP contribution in [0.3, 0.4) is 0 Å². The summed E-state index contributed by atoms with van der Waals surface area (Å²) in [5, 5.41) is 0. The molecule has 16 heavy (non-hydrogen) atoms. The molecule has 3 heteroatoms. The molecule has 1 aromatic rings. The average Bonchev–Trinajstić information content (AvgIpc) is 2.26. The molecule has 86 valence electrons. The van der Waals surface area contributed by atoms with Crippen molar-refractivity contribution >= 4 is 11.9 Å². The number of carbonyl (C=O) groups is 2. The number of ether oxygens (including phenoxy) is 1. The first-order valence-electron chi connectivity index (χ1n) is 5.39. The molecule has 0 saturated heterocycles. The van der Waals surface area contributed by atoms with Crippen LogP contribution in [0.25, 0.3) is 0 Å². The lowest BCUT2D eigenvalue weighted by atomic mass is 9.97. The van der Waals surface area contributed by atoms with E-state index in [-0.39, 0.29) is 5.92 Å². The van der Waals surface area contributed by atoms with Crippen LogP contribution in [-0.4, -0.2) is 11.9 Å². The van der Waals surface area contributed by atoms with Crippen molar-refractivity contribution in [3.05, 3.63) is 35.9 Å². The van der Waals surface area contributed by atoms with Crippen molar-refractivity contribution in [2.45, 2.75) is 26.7 Å². The van der Waals surface area contributed by atoms with Gasteiger partial charge in [0.2, 0.25) is 0 Å². The molecule has 0 fully saturated rings. The fraction of sp³-hybridized carbons (Fsp3) is 0.385. The van der Waals surface area contributed by atoms with Crippen molar-refractivity contribution in [2.24, 2.45) is 5.92 Å². The fourth-order valence-electron chi connectivity index (χ4n) is 1.52. The Balaban J connectivity index is 2.62. The van der Waals surface area contributed by atoms with Gasteiger partial charge in [0.05, 0.1) is 5.92 Å². The van der Waals surface area contributed by atoms with Crippen LogP contribution in [-0.2, 0) is 20.7 Å². The summed E-state index contributed by atoms with van der Waals surface area (Å²) in [6.45, 7) is 3.15. The molecule has 0 aliphatic carbocycles. The Hall–Kier alpha value is -1.64. The highest BCUT2D eigenvalue weighted by molar-refractivity contribution is 5.85. The smallest absolute Gasteiger partial charge is 0.316 e. The molecule has 0 aliphatic heterocycles. The number of esters is 2. The molecule has 1 atom stereocenters. The zero-order valence-electron chi connectivity index (χ0n) is 9.60. The van der Waals surface area contributed by atoms with Crippen LogP contribution in [0, 0.1) is 5.92 Å². The molecule has 3 nitrogen and oxygen atoms in total. The Kier molecular flexibility index (Phi) is 4.70. The molecular weight excluding hydrogens is 204 g/mol. The van der Waals surface area contributed by atoms with Gasteiger partial charge in [-0.25, -0.2) is 0 Å². The van der Waals surface area contributed by atoms with E-state index in [2.05, 4.69) is 4.74 Å². The predicted molar refractivity (Wildman–Crippen MR) is 60.7 cm³/mol. The average molecular weight is 220 g/mol.